The van der Waals surface area contributed by atoms with Crippen molar-refractivity contribution in [2.75, 3.05) is 57.8 Å². The number of likely N-dealkylation sites (N-methyl/N-ethyl adjacent to an activating group) is 1. The molecule has 0 spiro atoms. The number of carbonyl (C=O) groups is 2. The van der Waals surface area contributed by atoms with Crippen LogP contribution in [0.15, 0.2) is 18.2 Å². The zero-order valence-electron chi connectivity index (χ0n) is 15.7. The molecule has 148 valence electrons. The predicted octanol–water partition coefficient (Wildman–Crippen LogP) is -1.25. The van der Waals surface area contributed by atoms with Crippen LogP contribution in [-0.2, 0) is 9.59 Å². The summed E-state index contributed by atoms with van der Waals surface area (Å²) < 4.78 is 13.3. The van der Waals surface area contributed by atoms with Crippen molar-refractivity contribution >= 4 is 29.1 Å². The van der Waals surface area contributed by atoms with Crippen LogP contribution in [0, 0.1) is 11.7 Å². The van der Waals surface area contributed by atoms with Crippen molar-refractivity contribution in [2.45, 2.75) is 12.8 Å². The number of hydrogen-bond acceptors (Lipinski definition) is 2. The minimum atomic E-state index is -0.523. The molecule has 0 saturated carbocycles. The van der Waals surface area contributed by atoms with Crippen molar-refractivity contribution in [1.82, 2.24) is 5.32 Å². The van der Waals surface area contributed by atoms with E-state index in [2.05, 4.69) is 12.4 Å². The van der Waals surface area contributed by atoms with Gasteiger partial charge in [0.05, 0.1) is 24.5 Å². The molecule has 2 amide bonds. The average Bonchev–Trinajstić information content (AvgIpc) is 3.04. The van der Waals surface area contributed by atoms with Crippen LogP contribution in [-0.4, -0.2) is 64.7 Å². The van der Waals surface area contributed by atoms with E-state index < -0.39 is 5.82 Å². The van der Waals surface area contributed by atoms with E-state index in [1.54, 1.807) is 9.80 Å². The smallest absolute Gasteiger partial charge is 0.227 e. The normalized spacial score (nSPS) is 25.7. The Morgan fingerprint density at radius 3 is 2.78 bits per heavy atom. The Hall–Kier alpha value is -1.70. The Balaban J connectivity index is 1.43. The van der Waals surface area contributed by atoms with Crippen LogP contribution in [0.3, 0.4) is 0 Å². The highest BCUT2D eigenvalue weighted by Gasteiger charge is 2.35. The predicted molar refractivity (Wildman–Crippen MR) is 102 cm³/mol. The van der Waals surface area contributed by atoms with Gasteiger partial charge >= 0.3 is 0 Å². The molecule has 3 rings (SSSR count). The van der Waals surface area contributed by atoms with E-state index in [9.17, 15) is 14.0 Å². The molecule has 1 atom stereocenters. The number of nitrogens with zero attached hydrogens (tertiary/aromatic N) is 1. The maximum atomic E-state index is 13.3. The minimum absolute atomic E-state index is 0.0267. The molecule has 27 heavy (non-hydrogen) atoms. The van der Waals surface area contributed by atoms with Crippen molar-refractivity contribution in [2.24, 2.45) is 5.92 Å². The van der Waals surface area contributed by atoms with Gasteiger partial charge in [-0.2, -0.15) is 0 Å². The van der Waals surface area contributed by atoms with Gasteiger partial charge in [-0.3, -0.25) is 9.59 Å². The number of piperazine rings is 1. The number of hydrogen-bond donors (Lipinski definition) is 3. The highest BCUT2D eigenvalue weighted by atomic mass is 35.5. The second kappa shape index (κ2) is 8.99. The first-order chi connectivity index (χ1) is 12.9. The molecule has 6 nitrogen and oxygen atoms in total. The first kappa shape index (κ1) is 20.0. The van der Waals surface area contributed by atoms with E-state index >= 15 is 0 Å². The fourth-order valence-corrected chi connectivity index (χ4v) is 3.94. The Morgan fingerprint density at radius 2 is 2.07 bits per heavy atom. The topological polar surface area (TPSA) is 58.3 Å². The number of rotatable bonds is 6. The Kier molecular flexibility index (Phi) is 6.68. The molecule has 2 fully saturated rings. The van der Waals surface area contributed by atoms with Gasteiger partial charge in [0.25, 0.3) is 0 Å². The van der Waals surface area contributed by atoms with E-state index in [0.717, 1.165) is 13.0 Å². The molecular formula is C19H28ClFN4O2+2. The number of amides is 2. The van der Waals surface area contributed by atoms with Gasteiger partial charge in [-0.05, 0) is 18.2 Å². The number of quaternary nitrogens is 2. The van der Waals surface area contributed by atoms with Gasteiger partial charge in [0, 0.05) is 31.6 Å². The molecular weight excluding hydrogens is 371 g/mol. The summed E-state index contributed by atoms with van der Waals surface area (Å²) in [5.41, 5.74) is 0.530. The highest BCUT2D eigenvalue weighted by Crippen LogP contribution is 2.28. The van der Waals surface area contributed by atoms with Crippen molar-refractivity contribution in [3.8, 4) is 0 Å². The van der Waals surface area contributed by atoms with Crippen molar-refractivity contribution < 1.29 is 23.8 Å². The molecule has 2 aliphatic rings. The number of halogens is 2. The second-order valence-corrected chi connectivity index (χ2v) is 8.01. The molecule has 3 N–H and O–H groups in total. The Morgan fingerprint density at radius 1 is 1.33 bits per heavy atom. The zero-order valence-corrected chi connectivity index (χ0v) is 16.4. The highest BCUT2D eigenvalue weighted by molar-refractivity contribution is 6.31. The Bertz CT molecular complexity index is 694. The van der Waals surface area contributed by atoms with Gasteiger partial charge in [0.1, 0.15) is 32.0 Å². The number of anilines is 1. The maximum absolute atomic E-state index is 13.3. The fourth-order valence-electron chi connectivity index (χ4n) is 3.76. The van der Waals surface area contributed by atoms with Crippen LogP contribution in [0.5, 0.6) is 0 Å². The molecule has 1 aromatic rings. The number of nitrogens with one attached hydrogen (secondary N) is 3. The summed E-state index contributed by atoms with van der Waals surface area (Å²) in [5, 5.41) is 2.94. The number of benzene rings is 1. The number of carbonyl (C=O) groups excluding carboxylic acids is 2. The van der Waals surface area contributed by atoms with E-state index in [4.69, 9.17) is 11.6 Å². The average molecular weight is 399 g/mol. The molecule has 2 heterocycles. The lowest BCUT2D eigenvalue weighted by Crippen LogP contribution is -3.27. The standard InChI is InChI=1S/C19H26ClFN4O2/c1-23-7-9-24(10-8-23)6-2-5-22-19(27)14-11-18(26)25(13-14)15-3-4-17(21)16(20)12-15/h3-4,12,14H,2,5-11,13H2,1H3,(H,22,27)/p+2. The van der Waals surface area contributed by atoms with E-state index in [1.165, 1.54) is 49.3 Å². The third kappa shape index (κ3) is 5.18. The lowest BCUT2D eigenvalue weighted by Gasteiger charge is -2.27. The maximum Gasteiger partial charge on any atom is 0.227 e. The molecule has 0 bridgehead atoms. The summed E-state index contributed by atoms with van der Waals surface area (Å²) in [6, 6.07) is 4.18. The van der Waals surface area contributed by atoms with E-state index in [-0.39, 0.29) is 29.2 Å². The van der Waals surface area contributed by atoms with Gasteiger partial charge in [-0.1, -0.05) is 11.6 Å². The molecule has 0 aromatic heterocycles. The van der Waals surface area contributed by atoms with Crippen LogP contribution in [0.4, 0.5) is 10.1 Å². The van der Waals surface area contributed by atoms with Crippen LogP contribution in [0.1, 0.15) is 12.8 Å². The van der Waals surface area contributed by atoms with Crippen LogP contribution >= 0.6 is 11.6 Å². The van der Waals surface area contributed by atoms with Crippen molar-refractivity contribution in [1.29, 1.82) is 0 Å². The van der Waals surface area contributed by atoms with Gasteiger partial charge in [-0.15, -0.1) is 0 Å². The summed E-state index contributed by atoms with van der Waals surface area (Å²) in [6.07, 6.45) is 1.12. The molecule has 2 saturated heterocycles. The lowest BCUT2D eigenvalue weighted by atomic mass is 10.1. The molecule has 2 aliphatic heterocycles. The van der Waals surface area contributed by atoms with Gasteiger partial charge in [-0.25, -0.2) is 4.39 Å². The summed E-state index contributed by atoms with van der Waals surface area (Å²) in [7, 11) is 2.23. The van der Waals surface area contributed by atoms with Crippen molar-refractivity contribution in [3.63, 3.8) is 0 Å². The molecule has 0 radical (unpaired) electrons. The monoisotopic (exact) mass is 398 g/mol. The van der Waals surface area contributed by atoms with E-state index in [1.807, 2.05) is 0 Å². The third-order valence-corrected chi connectivity index (χ3v) is 5.82. The summed E-state index contributed by atoms with van der Waals surface area (Å²) in [5.74, 6) is -1.12. The quantitative estimate of drug-likeness (QED) is 0.525. The van der Waals surface area contributed by atoms with Crippen molar-refractivity contribution in [3.05, 3.63) is 29.0 Å². The molecule has 1 aromatic carbocycles. The zero-order chi connectivity index (χ0) is 19.4. The summed E-state index contributed by atoms with van der Waals surface area (Å²) in [6.45, 7) is 6.79. The fraction of sp³-hybridized carbons (Fsp3) is 0.579. The SMILES string of the molecule is C[NH+]1CC[NH+](CCCNC(=O)C2CC(=O)N(c3ccc(F)c(Cl)c3)C2)CC1. The first-order valence-electron chi connectivity index (χ1n) is 9.62. The Labute approximate surface area is 164 Å². The van der Waals surface area contributed by atoms with Crippen LogP contribution in [0.2, 0.25) is 5.02 Å². The lowest BCUT2D eigenvalue weighted by molar-refractivity contribution is -1.00. The summed E-state index contributed by atoms with van der Waals surface area (Å²) in [4.78, 5) is 29.3. The second-order valence-electron chi connectivity index (χ2n) is 7.61. The largest absolute Gasteiger partial charge is 0.356 e. The van der Waals surface area contributed by atoms with Crippen LogP contribution < -0.4 is 20.0 Å². The van der Waals surface area contributed by atoms with Gasteiger partial charge in [0.15, 0.2) is 0 Å². The van der Waals surface area contributed by atoms with E-state index in [0.29, 0.717) is 18.8 Å². The minimum Gasteiger partial charge on any atom is -0.356 e. The van der Waals surface area contributed by atoms with Gasteiger partial charge < -0.3 is 20.0 Å². The molecule has 8 heteroatoms. The molecule has 0 aliphatic carbocycles. The summed E-state index contributed by atoms with van der Waals surface area (Å²) >= 11 is 5.80. The van der Waals surface area contributed by atoms with Gasteiger partial charge in [0.2, 0.25) is 11.8 Å². The van der Waals surface area contributed by atoms with Crippen LogP contribution in [0.25, 0.3) is 0 Å². The first-order valence-corrected chi connectivity index (χ1v) is 10.00. The third-order valence-electron chi connectivity index (χ3n) is 5.53. The molecule has 1 unspecified atom stereocenters.